The van der Waals surface area contributed by atoms with Crippen LogP contribution in [0.1, 0.15) is 26.7 Å². The number of fused-ring (bicyclic) bond motifs is 1. The largest absolute Gasteiger partial charge is 0.298 e. The third kappa shape index (κ3) is 0.741. The quantitative estimate of drug-likeness (QED) is 0.551. The highest BCUT2D eigenvalue weighted by Gasteiger charge is 2.59. The van der Waals surface area contributed by atoms with E-state index in [1.165, 1.54) is 6.42 Å². The normalized spacial score (nSPS) is 40.3. The molecule has 1 heteroatoms. The van der Waals surface area contributed by atoms with Crippen molar-refractivity contribution in [2.45, 2.75) is 26.7 Å². The SMILES string of the molecule is CC(C)[C@]12CC=C(C=O)[C@H]1C2. The van der Waals surface area contributed by atoms with Crippen molar-refractivity contribution < 1.29 is 4.79 Å². The topological polar surface area (TPSA) is 17.1 Å². The number of allylic oxidation sites excluding steroid dienone is 2. The number of rotatable bonds is 2. The van der Waals surface area contributed by atoms with Crippen LogP contribution in [0.25, 0.3) is 0 Å². The Morgan fingerprint density at radius 3 is 2.73 bits per heavy atom. The van der Waals surface area contributed by atoms with Crippen LogP contribution in [0.15, 0.2) is 11.6 Å². The number of hydrogen-bond acceptors (Lipinski definition) is 1. The zero-order valence-corrected chi connectivity index (χ0v) is 7.13. The van der Waals surface area contributed by atoms with E-state index in [0.29, 0.717) is 11.3 Å². The van der Waals surface area contributed by atoms with Crippen molar-refractivity contribution in [2.75, 3.05) is 0 Å². The molecule has 2 aliphatic rings. The van der Waals surface area contributed by atoms with Gasteiger partial charge in [-0.3, -0.25) is 4.79 Å². The summed E-state index contributed by atoms with van der Waals surface area (Å²) in [7, 11) is 0. The summed E-state index contributed by atoms with van der Waals surface area (Å²) in [6.07, 6.45) is 5.57. The molecule has 2 rings (SSSR count). The molecule has 0 unspecified atom stereocenters. The summed E-state index contributed by atoms with van der Waals surface area (Å²) in [5.41, 5.74) is 1.58. The fraction of sp³-hybridized carbons (Fsp3) is 0.700. The van der Waals surface area contributed by atoms with Gasteiger partial charge in [0.25, 0.3) is 0 Å². The molecular weight excluding hydrogens is 136 g/mol. The number of aldehydes is 1. The Kier molecular flexibility index (Phi) is 1.26. The van der Waals surface area contributed by atoms with Crippen LogP contribution in [-0.4, -0.2) is 6.29 Å². The van der Waals surface area contributed by atoms with E-state index in [2.05, 4.69) is 19.9 Å². The van der Waals surface area contributed by atoms with E-state index in [1.807, 2.05) is 0 Å². The maximum atomic E-state index is 10.5. The second-order valence-electron chi connectivity index (χ2n) is 4.17. The lowest BCUT2D eigenvalue weighted by Gasteiger charge is -2.15. The first kappa shape index (κ1) is 7.08. The Bertz CT molecular complexity index is 227. The molecule has 0 saturated heterocycles. The Hall–Kier alpha value is -0.590. The summed E-state index contributed by atoms with van der Waals surface area (Å²) in [6.45, 7) is 4.53. The zero-order chi connectivity index (χ0) is 8.06. The Morgan fingerprint density at radius 1 is 1.73 bits per heavy atom. The molecule has 1 saturated carbocycles. The van der Waals surface area contributed by atoms with E-state index in [-0.39, 0.29) is 0 Å². The molecule has 60 valence electrons. The fourth-order valence-corrected chi connectivity index (χ4v) is 2.45. The summed E-state index contributed by atoms with van der Waals surface area (Å²) >= 11 is 0. The van der Waals surface area contributed by atoms with Gasteiger partial charge >= 0.3 is 0 Å². The molecule has 0 N–H and O–H groups in total. The monoisotopic (exact) mass is 150 g/mol. The third-order valence-electron chi connectivity index (χ3n) is 3.52. The molecule has 1 fully saturated rings. The van der Waals surface area contributed by atoms with Crippen LogP contribution < -0.4 is 0 Å². The molecule has 0 aliphatic heterocycles. The molecule has 0 heterocycles. The van der Waals surface area contributed by atoms with Crippen molar-refractivity contribution in [3.05, 3.63) is 11.6 Å². The molecule has 2 atom stereocenters. The first-order valence-electron chi connectivity index (χ1n) is 4.36. The molecular formula is C10H14O. The molecule has 0 aromatic carbocycles. The van der Waals surface area contributed by atoms with Gasteiger partial charge in [-0.05, 0) is 35.7 Å². The Morgan fingerprint density at radius 2 is 2.45 bits per heavy atom. The van der Waals surface area contributed by atoms with E-state index < -0.39 is 0 Å². The summed E-state index contributed by atoms with van der Waals surface area (Å²) < 4.78 is 0. The van der Waals surface area contributed by atoms with Crippen LogP contribution in [0.3, 0.4) is 0 Å². The van der Waals surface area contributed by atoms with E-state index in [1.54, 1.807) is 0 Å². The van der Waals surface area contributed by atoms with Crippen molar-refractivity contribution >= 4 is 6.29 Å². The zero-order valence-electron chi connectivity index (χ0n) is 7.13. The summed E-state index contributed by atoms with van der Waals surface area (Å²) in [4.78, 5) is 10.5. The van der Waals surface area contributed by atoms with Gasteiger partial charge in [0.15, 0.2) is 0 Å². The molecule has 0 aromatic rings. The van der Waals surface area contributed by atoms with Crippen molar-refractivity contribution in [2.24, 2.45) is 17.3 Å². The maximum Gasteiger partial charge on any atom is 0.146 e. The minimum Gasteiger partial charge on any atom is -0.298 e. The van der Waals surface area contributed by atoms with Gasteiger partial charge in [0.05, 0.1) is 0 Å². The highest BCUT2D eigenvalue weighted by Crippen LogP contribution is 2.66. The Balaban J connectivity index is 2.16. The summed E-state index contributed by atoms with van der Waals surface area (Å²) in [5.74, 6) is 1.36. The smallest absolute Gasteiger partial charge is 0.146 e. The van der Waals surface area contributed by atoms with Crippen LogP contribution in [0, 0.1) is 17.3 Å². The predicted molar refractivity (Wildman–Crippen MR) is 44.1 cm³/mol. The number of carbonyl (C=O) groups excluding carboxylic acids is 1. The van der Waals surface area contributed by atoms with Gasteiger partial charge < -0.3 is 0 Å². The minimum atomic E-state index is 0.510. The van der Waals surface area contributed by atoms with E-state index in [9.17, 15) is 4.79 Å². The van der Waals surface area contributed by atoms with Crippen LogP contribution in [0.2, 0.25) is 0 Å². The van der Waals surface area contributed by atoms with Crippen molar-refractivity contribution in [1.29, 1.82) is 0 Å². The third-order valence-corrected chi connectivity index (χ3v) is 3.52. The number of carbonyl (C=O) groups is 1. The van der Waals surface area contributed by atoms with Gasteiger partial charge in [-0.15, -0.1) is 0 Å². The van der Waals surface area contributed by atoms with Crippen LogP contribution in [0.5, 0.6) is 0 Å². The second kappa shape index (κ2) is 1.96. The lowest BCUT2D eigenvalue weighted by atomic mass is 9.89. The van der Waals surface area contributed by atoms with E-state index >= 15 is 0 Å². The average molecular weight is 150 g/mol. The second-order valence-corrected chi connectivity index (χ2v) is 4.17. The van der Waals surface area contributed by atoms with Gasteiger partial charge in [-0.2, -0.15) is 0 Å². The van der Waals surface area contributed by atoms with Gasteiger partial charge in [-0.25, -0.2) is 0 Å². The lowest BCUT2D eigenvalue weighted by molar-refractivity contribution is -0.105. The van der Waals surface area contributed by atoms with Crippen LogP contribution in [0.4, 0.5) is 0 Å². The van der Waals surface area contributed by atoms with Gasteiger partial charge in [-0.1, -0.05) is 19.9 Å². The first-order chi connectivity index (χ1) is 5.20. The molecule has 2 aliphatic carbocycles. The van der Waals surface area contributed by atoms with Gasteiger partial charge in [0, 0.05) is 0 Å². The molecule has 0 spiro atoms. The van der Waals surface area contributed by atoms with Crippen LogP contribution >= 0.6 is 0 Å². The Labute approximate surface area is 67.5 Å². The van der Waals surface area contributed by atoms with Crippen molar-refractivity contribution in [1.82, 2.24) is 0 Å². The average Bonchev–Trinajstić information content (AvgIpc) is 2.61. The molecule has 0 bridgehead atoms. The molecule has 11 heavy (non-hydrogen) atoms. The fourth-order valence-electron chi connectivity index (χ4n) is 2.45. The van der Waals surface area contributed by atoms with Crippen molar-refractivity contribution in [3.63, 3.8) is 0 Å². The predicted octanol–water partition coefficient (Wildman–Crippen LogP) is 2.18. The van der Waals surface area contributed by atoms with Crippen LogP contribution in [-0.2, 0) is 4.79 Å². The summed E-state index contributed by atoms with van der Waals surface area (Å²) in [5, 5.41) is 0. The van der Waals surface area contributed by atoms with Crippen molar-refractivity contribution in [3.8, 4) is 0 Å². The molecule has 1 nitrogen and oxygen atoms in total. The molecule has 0 aromatic heterocycles. The van der Waals surface area contributed by atoms with Gasteiger partial charge in [0.1, 0.15) is 6.29 Å². The highest BCUT2D eigenvalue weighted by molar-refractivity contribution is 5.77. The lowest BCUT2D eigenvalue weighted by Crippen LogP contribution is -2.08. The minimum absolute atomic E-state index is 0.510. The summed E-state index contributed by atoms with van der Waals surface area (Å²) in [6, 6.07) is 0. The molecule has 0 radical (unpaired) electrons. The number of hydrogen-bond donors (Lipinski definition) is 0. The van der Waals surface area contributed by atoms with Gasteiger partial charge in [0.2, 0.25) is 0 Å². The van der Waals surface area contributed by atoms with E-state index in [0.717, 1.165) is 24.2 Å². The highest BCUT2D eigenvalue weighted by atomic mass is 16.1. The standard InChI is InChI=1S/C10H14O/c1-7(2)10-4-3-8(6-11)9(10)5-10/h3,6-7,9H,4-5H2,1-2H3/t9-,10-/m1/s1. The van der Waals surface area contributed by atoms with E-state index in [4.69, 9.17) is 0 Å². The first-order valence-corrected chi connectivity index (χ1v) is 4.36. The maximum absolute atomic E-state index is 10.5. The molecule has 0 amide bonds.